The van der Waals surface area contributed by atoms with Gasteiger partial charge in [-0.15, -0.1) is 0 Å². The lowest BCUT2D eigenvalue weighted by Gasteiger charge is -2.23. The Bertz CT molecular complexity index is 371. The van der Waals surface area contributed by atoms with Crippen molar-refractivity contribution in [2.45, 2.75) is 31.8 Å². The maximum Gasteiger partial charge on any atom is 0.125 e. The van der Waals surface area contributed by atoms with Gasteiger partial charge in [-0.1, -0.05) is 0 Å². The summed E-state index contributed by atoms with van der Waals surface area (Å²) in [4.78, 5) is 0. The van der Waals surface area contributed by atoms with Crippen molar-refractivity contribution >= 4 is 0 Å². The Labute approximate surface area is 83.5 Å². The summed E-state index contributed by atoms with van der Waals surface area (Å²) in [6, 6.07) is 4.27. The average Bonchev–Trinajstić information content (AvgIpc) is 2.62. The fourth-order valence-corrected chi connectivity index (χ4v) is 2.44. The number of aliphatic hydroxyl groups excluding tert-OH is 1. The first-order chi connectivity index (χ1) is 6.84. The molecule has 2 nitrogen and oxygen atoms in total. The van der Waals surface area contributed by atoms with E-state index < -0.39 is 0 Å². The summed E-state index contributed by atoms with van der Waals surface area (Å²) in [5.41, 5.74) is 3.82. The summed E-state index contributed by atoms with van der Waals surface area (Å²) in [6.07, 6.45) is 3.99. The number of rotatable bonds is 0. The molecule has 1 heterocycles. The first-order valence-electron chi connectivity index (χ1n) is 5.31. The van der Waals surface area contributed by atoms with Gasteiger partial charge in [0.2, 0.25) is 0 Å². The van der Waals surface area contributed by atoms with Crippen molar-refractivity contribution in [3.63, 3.8) is 0 Å². The lowest BCUT2D eigenvalue weighted by molar-refractivity contribution is 0.115. The molecule has 1 N–H and O–H groups in total. The Morgan fingerprint density at radius 3 is 2.86 bits per heavy atom. The third kappa shape index (κ3) is 1.14. The first kappa shape index (κ1) is 8.30. The van der Waals surface area contributed by atoms with Gasteiger partial charge in [0.05, 0.1) is 12.7 Å². The van der Waals surface area contributed by atoms with Crippen molar-refractivity contribution in [1.82, 2.24) is 0 Å². The Morgan fingerprint density at radius 2 is 2.00 bits per heavy atom. The summed E-state index contributed by atoms with van der Waals surface area (Å²) >= 11 is 0. The van der Waals surface area contributed by atoms with E-state index in [2.05, 4.69) is 12.1 Å². The maximum atomic E-state index is 9.81. The molecular weight excluding hydrogens is 176 g/mol. The van der Waals surface area contributed by atoms with E-state index >= 15 is 0 Å². The van der Waals surface area contributed by atoms with E-state index in [1.54, 1.807) is 0 Å². The molecule has 0 saturated carbocycles. The zero-order valence-electron chi connectivity index (χ0n) is 8.12. The zero-order valence-corrected chi connectivity index (χ0v) is 8.12. The van der Waals surface area contributed by atoms with Crippen LogP contribution in [0.4, 0.5) is 0 Å². The minimum atomic E-state index is -0.315. The highest BCUT2D eigenvalue weighted by Gasteiger charge is 2.22. The largest absolute Gasteiger partial charge is 0.493 e. The highest BCUT2D eigenvalue weighted by Crippen LogP contribution is 2.36. The van der Waals surface area contributed by atoms with Crippen molar-refractivity contribution < 1.29 is 9.84 Å². The molecule has 1 aromatic rings. The summed E-state index contributed by atoms with van der Waals surface area (Å²) < 4.78 is 5.56. The van der Waals surface area contributed by atoms with Crippen LogP contribution >= 0.6 is 0 Å². The molecule has 74 valence electrons. The molecule has 0 saturated heterocycles. The second-order valence-electron chi connectivity index (χ2n) is 4.17. The van der Waals surface area contributed by atoms with Crippen LogP contribution in [0.15, 0.2) is 12.1 Å². The van der Waals surface area contributed by atoms with Crippen LogP contribution in [0.5, 0.6) is 5.75 Å². The number of aliphatic hydroxyl groups is 1. The number of hydrogen-bond donors (Lipinski definition) is 1. The van der Waals surface area contributed by atoms with E-state index in [1.165, 1.54) is 24.0 Å². The molecular formula is C12H14O2. The van der Waals surface area contributed by atoms with Crippen molar-refractivity contribution in [3.05, 3.63) is 28.8 Å². The third-order valence-corrected chi connectivity index (χ3v) is 3.23. The van der Waals surface area contributed by atoms with E-state index in [0.717, 1.165) is 24.2 Å². The molecule has 0 aromatic heterocycles. The number of fused-ring (bicyclic) bond motifs is 2. The van der Waals surface area contributed by atoms with E-state index in [-0.39, 0.29) is 6.10 Å². The van der Waals surface area contributed by atoms with Crippen LogP contribution in [-0.2, 0) is 12.8 Å². The van der Waals surface area contributed by atoms with Crippen LogP contribution in [0.25, 0.3) is 0 Å². The lowest BCUT2D eigenvalue weighted by Crippen LogP contribution is -2.14. The van der Waals surface area contributed by atoms with Crippen molar-refractivity contribution in [1.29, 1.82) is 0 Å². The highest BCUT2D eigenvalue weighted by molar-refractivity contribution is 5.46. The van der Waals surface area contributed by atoms with Gasteiger partial charge in [0, 0.05) is 12.0 Å². The number of benzene rings is 1. The van der Waals surface area contributed by atoms with Gasteiger partial charge in [-0.25, -0.2) is 0 Å². The molecule has 14 heavy (non-hydrogen) atoms. The molecule has 2 aliphatic rings. The summed E-state index contributed by atoms with van der Waals surface area (Å²) in [6.45, 7) is 0.646. The fourth-order valence-electron chi connectivity index (χ4n) is 2.44. The summed E-state index contributed by atoms with van der Waals surface area (Å²) in [5.74, 6) is 0.907. The fraction of sp³-hybridized carbons (Fsp3) is 0.500. The van der Waals surface area contributed by atoms with Crippen LogP contribution in [-0.4, -0.2) is 11.7 Å². The van der Waals surface area contributed by atoms with E-state index in [0.29, 0.717) is 6.61 Å². The molecule has 0 fully saturated rings. The maximum absolute atomic E-state index is 9.81. The number of hydrogen-bond acceptors (Lipinski definition) is 2. The van der Waals surface area contributed by atoms with Crippen LogP contribution in [0.1, 0.15) is 35.6 Å². The smallest absolute Gasteiger partial charge is 0.125 e. The SMILES string of the molecule is O[C@H]1CCOc2cc3c(cc21)CCC3. The third-order valence-electron chi connectivity index (χ3n) is 3.23. The van der Waals surface area contributed by atoms with Crippen LogP contribution in [0.2, 0.25) is 0 Å². The summed E-state index contributed by atoms with van der Waals surface area (Å²) in [7, 11) is 0. The standard InChI is InChI=1S/C12H14O2/c13-11-4-5-14-12-7-9-3-1-2-8(9)6-10(11)12/h6-7,11,13H,1-5H2/t11-/m0/s1. The van der Waals surface area contributed by atoms with E-state index in [4.69, 9.17) is 4.74 Å². The predicted octanol–water partition coefficient (Wildman–Crippen LogP) is 1.99. The molecule has 3 rings (SSSR count). The topological polar surface area (TPSA) is 29.5 Å². The van der Waals surface area contributed by atoms with Crippen molar-refractivity contribution in [2.75, 3.05) is 6.61 Å². The molecule has 1 aromatic carbocycles. The first-order valence-corrected chi connectivity index (χ1v) is 5.31. The average molecular weight is 190 g/mol. The Morgan fingerprint density at radius 1 is 1.21 bits per heavy atom. The van der Waals surface area contributed by atoms with Crippen molar-refractivity contribution in [3.8, 4) is 5.75 Å². The van der Waals surface area contributed by atoms with Gasteiger partial charge in [0.25, 0.3) is 0 Å². The molecule has 0 spiro atoms. The molecule has 1 aliphatic heterocycles. The van der Waals surface area contributed by atoms with Gasteiger partial charge >= 0.3 is 0 Å². The van der Waals surface area contributed by atoms with E-state index in [9.17, 15) is 5.11 Å². The second kappa shape index (κ2) is 2.99. The van der Waals surface area contributed by atoms with Crippen molar-refractivity contribution in [2.24, 2.45) is 0 Å². The van der Waals surface area contributed by atoms with Gasteiger partial charge in [0.15, 0.2) is 0 Å². The highest BCUT2D eigenvalue weighted by atomic mass is 16.5. The van der Waals surface area contributed by atoms with Gasteiger partial charge in [-0.2, -0.15) is 0 Å². The van der Waals surface area contributed by atoms with E-state index in [1.807, 2.05) is 0 Å². The van der Waals surface area contributed by atoms with Crippen LogP contribution in [0, 0.1) is 0 Å². The normalized spacial score (nSPS) is 23.9. The second-order valence-corrected chi connectivity index (χ2v) is 4.17. The monoisotopic (exact) mass is 190 g/mol. The minimum Gasteiger partial charge on any atom is -0.493 e. The van der Waals surface area contributed by atoms with Gasteiger partial charge in [-0.3, -0.25) is 0 Å². The molecule has 1 aliphatic carbocycles. The Hall–Kier alpha value is -1.02. The summed E-state index contributed by atoms with van der Waals surface area (Å²) in [5, 5.41) is 9.81. The molecule has 2 heteroatoms. The quantitative estimate of drug-likeness (QED) is 0.678. The van der Waals surface area contributed by atoms with Gasteiger partial charge in [0.1, 0.15) is 5.75 Å². The Kier molecular flexibility index (Phi) is 1.77. The minimum absolute atomic E-state index is 0.315. The molecule has 0 unspecified atom stereocenters. The Balaban J connectivity index is 2.12. The molecule has 0 amide bonds. The molecule has 0 radical (unpaired) electrons. The molecule has 1 atom stereocenters. The van der Waals surface area contributed by atoms with Gasteiger partial charge < -0.3 is 9.84 Å². The van der Waals surface area contributed by atoms with Crippen LogP contribution < -0.4 is 4.74 Å². The lowest BCUT2D eigenvalue weighted by atomic mass is 9.98. The number of ether oxygens (including phenoxy) is 1. The zero-order chi connectivity index (χ0) is 9.54. The van der Waals surface area contributed by atoms with Crippen LogP contribution in [0.3, 0.4) is 0 Å². The molecule has 0 bridgehead atoms. The predicted molar refractivity (Wildman–Crippen MR) is 53.5 cm³/mol. The van der Waals surface area contributed by atoms with Gasteiger partial charge in [-0.05, 0) is 42.5 Å². The number of aryl methyl sites for hydroxylation is 2.